The summed E-state index contributed by atoms with van der Waals surface area (Å²) in [5.41, 5.74) is 1.02. The molecule has 0 aromatic carbocycles. The molecule has 0 radical (unpaired) electrons. The fourth-order valence-electron chi connectivity index (χ4n) is 2.05. The van der Waals surface area contributed by atoms with Gasteiger partial charge in [-0.05, 0) is 26.7 Å². The van der Waals surface area contributed by atoms with Crippen LogP contribution in [-0.2, 0) is 11.3 Å². The maximum absolute atomic E-state index is 12.0. The van der Waals surface area contributed by atoms with E-state index in [1.165, 1.54) is 0 Å². The minimum absolute atomic E-state index is 0.116. The summed E-state index contributed by atoms with van der Waals surface area (Å²) in [6.45, 7) is 6.43. The first-order chi connectivity index (χ1) is 8.16. The molecule has 1 amide bonds. The van der Waals surface area contributed by atoms with Crippen molar-refractivity contribution < 1.29 is 4.79 Å². The molecule has 1 aromatic rings. The summed E-state index contributed by atoms with van der Waals surface area (Å²) in [5.74, 6) is 0.217. The second-order valence-corrected chi connectivity index (χ2v) is 5.56. The summed E-state index contributed by atoms with van der Waals surface area (Å²) in [6, 6.07) is -0.116. The molecular formula is C12H19N3OS. The average Bonchev–Trinajstić information content (AvgIpc) is 2.95. The van der Waals surface area contributed by atoms with E-state index in [-0.39, 0.29) is 11.9 Å². The van der Waals surface area contributed by atoms with E-state index in [0.29, 0.717) is 6.54 Å². The van der Waals surface area contributed by atoms with Gasteiger partial charge >= 0.3 is 0 Å². The van der Waals surface area contributed by atoms with E-state index < -0.39 is 0 Å². The smallest absolute Gasteiger partial charge is 0.239 e. The molecule has 94 valence electrons. The lowest BCUT2D eigenvalue weighted by Gasteiger charge is -2.20. The first kappa shape index (κ1) is 12.5. The Balaban J connectivity index is 1.80. The third kappa shape index (κ3) is 3.26. The van der Waals surface area contributed by atoms with Crippen LogP contribution in [0.3, 0.4) is 0 Å². The van der Waals surface area contributed by atoms with Gasteiger partial charge in [0.05, 0.1) is 16.7 Å². The third-order valence-electron chi connectivity index (χ3n) is 3.04. The molecule has 1 aliphatic heterocycles. The molecule has 2 heterocycles. The number of likely N-dealkylation sites (tertiary alicyclic amines) is 1. The molecule has 0 saturated carbocycles. The normalized spacial score (nSPS) is 17.4. The van der Waals surface area contributed by atoms with Crippen LogP contribution in [-0.4, -0.2) is 34.9 Å². The van der Waals surface area contributed by atoms with E-state index in [0.717, 1.165) is 36.6 Å². The van der Waals surface area contributed by atoms with Crippen molar-refractivity contribution in [2.24, 2.45) is 0 Å². The van der Waals surface area contributed by atoms with Gasteiger partial charge in [-0.1, -0.05) is 0 Å². The number of rotatable bonds is 4. The molecule has 1 fully saturated rings. The minimum atomic E-state index is -0.116. The van der Waals surface area contributed by atoms with E-state index in [1.54, 1.807) is 11.3 Å². The Bertz CT molecular complexity index is 385. The molecule has 0 spiro atoms. The predicted octanol–water partition coefficient (Wildman–Crippen LogP) is 1.55. The van der Waals surface area contributed by atoms with E-state index in [4.69, 9.17) is 0 Å². The number of nitrogens with one attached hydrogen (secondary N) is 1. The van der Waals surface area contributed by atoms with Crippen LogP contribution in [0.5, 0.6) is 0 Å². The van der Waals surface area contributed by atoms with Crippen LogP contribution in [0.4, 0.5) is 0 Å². The molecule has 1 N–H and O–H groups in total. The van der Waals surface area contributed by atoms with E-state index >= 15 is 0 Å². The average molecular weight is 253 g/mol. The Hall–Kier alpha value is -0.940. The number of hydrogen-bond donors (Lipinski definition) is 1. The summed E-state index contributed by atoms with van der Waals surface area (Å²) < 4.78 is 0. The van der Waals surface area contributed by atoms with Crippen molar-refractivity contribution >= 4 is 17.2 Å². The van der Waals surface area contributed by atoms with Crippen LogP contribution in [0, 0.1) is 6.92 Å². The van der Waals surface area contributed by atoms with Gasteiger partial charge in [0.2, 0.25) is 5.91 Å². The zero-order chi connectivity index (χ0) is 12.3. The monoisotopic (exact) mass is 253 g/mol. The molecule has 4 nitrogen and oxygen atoms in total. The summed E-state index contributed by atoms with van der Waals surface area (Å²) in [4.78, 5) is 18.3. The lowest BCUT2D eigenvalue weighted by atomic mass is 10.3. The molecular weight excluding hydrogens is 234 g/mol. The zero-order valence-corrected chi connectivity index (χ0v) is 11.2. The van der Waals surface area contributed by atoms with Gasteiger partial charge in [-0.2, -0.15) is 0 Å². The Kier molecular flexibility index (Phi) is 4.12. The molecule has 1 unspecified atom stereocenters. The van der Waals surface area contributed by atoms with Gasteiger partial charge in [-0.15, -0.1) is 11.3 Å². The first-order valence-corrected chi connectivity index (χ1v) is 6.98. The molecule has 1 saturated heterocycles. The molecule has 2 rings (SSSR count). The molecule has 0 bridgehead atoms. The van der Waals surface area contributed by atoms with Crippen molar-refractivity contribution in [3.05, 3.63) is 16.1 Å². The molecule has 1 atom stereocenters. The summed E-state index contributed by atoms with van der Waals surface area (Å²) in [5, 5.41) is 6.35. The van der Waals surface area contributed by atoms with E-state index in [2.05, 4.69) is 10.3 Å². The van der Waals surface area contributed by atoms with Gasteiger partial charge in [-0.3, -0.25) is 4.79 Å². The second kappa shape index (κ2) is 5.60. The number of carbonyl (C=O) groups is 1. The van der Waals surface area contributed by atoms with E-state index in [9.17, 15) is 4.79 Å². The Morgan fingerprint density at radius 2 is 2.29 bits per heavy atom. The highest BCUT2D eigenvalue weighted by atomic mass is 32.1. The van der Waals surface area contributed by atoms with Gasteiger partial charge in [-0.25, -0.2) is 4.98 Å². The highest BCUT2D eigenvalue weighted by molar-refractivity contribution is 7.09. The van der Waals surface area contributed by atoms with Crippen LogP contribution in [0.2, 0.25) is 0 Å². The Morgan fingerprint density at radius 3 is 2.88 bits per heavy atom. The zero-order valence-electron chi connectivity index (χ0n) is 10.4. The number of thiazole rings is 1. The number of aryl methyl sites for hydroxylation is 1. The van der Waals surface area contributed by atoms with Crippen LogP contribution < -0.4 is 5.32 Å². The van der Waals surface area contributed by atoms with Crippen LogP contribution in [0.25, 0.3) is 0 Å². The summed E-state index contributed by atoms with van der Waals surface area (Å²) >= 11 is 1.64. The number of carbonyl (C=O) groups excluding carboxylic acids is 1. The van der Waals surface area contributed by atoms with Crippen molar-refractivity contribution in [1.82, 2.24) is 15.2 Å². The minimum Gasteiger partial charge on any atom is -0.341 e. The summed E-state index contributed by atoms with van der Waals surface area (Å²) in [6.07, 6.45) is 2.29. The number of nitrogens with zero attached hydrogens (tertiary/aromatic N) is 2. The van der Waals surface area contributed by atoms with Gasteiger partial charge in [0, 0.05) is 25.0 Å². The van der Waals surface area contributed by atoms with Gasteiger partial charge in [0.15, 0.2) is 0 Å². The Morgan fingerprint density at radius 1 is 1.59 bits per heavy atom. The maximum Gasteiger partial charge on any atom is 0.239 e. The van der Waals surface area contributed by atoms with Crippen molar-refractivity contribution in [3.63, 3.8) is 0 Å². The van der Waals surface area contributed by atoms with Crippen molar-refractivity contribution in [2.75, 3.05) is 13.1 Å². The third-order valence-corrected chi connectivity index (χ3v) is 3.87. The first-order valence-electron chi connectivity index (χ1n) is 6.10. The number of hydrogen-bond acceptors (Lipinski definition) is 4. The lowest BCUT2D eigenvalue weighted by molar-refractivity contribution is -0.131. The SMILES string of the molecule is Cc1nc(CNC(C)C(=O)N2CCCC2)cs1. The Labute approximate surface area is 106 Å². The van der Waals surface area contributed by atoms with Crippen LogP contribution in [0.1, 0.15) is 30.5 Å². The number of amides is 1. The number of aromatic nitrogens is 1. The largest absolute Gasteiger partial charge is 0.341 e. The quantitative estimate of drug-likeness (QED) is 0.885. The highest BCUT2D eigenvalue weighted by Crippen LogP contribution is 2.10. The van der Waals surface area contributed by atoms with Gasteiger partial charge in [0.25, 0.3) is 0 Å². The molecule has 0 aliphatic carbocycles. The molecule has 1 aromatic heterocycles. The van der Waals surface area contributed by atoms with Gasteiger partial charge < -0.3 is 10.2 Å². The van der Waals surface area contributed by atoms with Crippen LogP contribution in [0.15, 0.2) is 5.38 Å². The highest BCUT2D eigenvalue weighted by Gasteiger charge is 2.22. The summed E-state index contributed by atoms with van der Waals surface area (Å²) in [7, 11) is 0. The van der Waals surface area contributed by atoms with Crippen molar-refractivity contribution in [3.8, 4) is 0 Å². The van der Waals surface area contributed by atoms with Gasteiger partial charge in [0.1, 0.15) is 0 Å². The lowest BCUT2D eigenvalue weighted by Crippen LogP contribution is -2.43. The maximum atomic E-state index is 12.0. The van der Waals surface area contributed by atoms with Crippen molar-refractivity contribution in [1.29, 1.82) is 0 Å². The topological polar surface area (TPSA) is 45.2 Å². The molecule has 5 heteroatoms. The van der Waals surface area contributed by atoms with E-state index in [1.807, 2.05) is 24.1 Å². The van der Waals surface area contributed by atoms with Crippen molar-refractivity contribution in [2.45, 2.75) is 39.3 Å². The fraction of sp³-hybridized carbons (Fsp3) is 0.667. The molecule has 1 aliphatic rings. The predicted molar refractivity (Wildman–Crippen MR) is 69.0 cm³/mol. The standard InChI is InChI=1S/C12H19N3OS/c1-9(12(16)15-5-3-4-6-15)13-7-11-8-17-10(2)14-11/h8-9,13H,3-7H2,1-2H3. The van der Waals surface area contributed by atoms with Crippen LogP contribution >= 0.6 is 11.3 Å². The second-order valence-electron chi connectivity index (χ2n) is 4.49. The fourth-order valence-corrected chi connectivity index (χ4v) is 2.66. The molecule has 17 heavy (non-hydrogen) atoms.